The van der Waals surface area contributed by atoms with E-state index in [0.29, 0.717) is 28.0 Å². The van der Waals surface area contributed by atoms with E-state index < -0.39 is 0 Å². The lowest BCUT2D eigenvalue weighted by molar-refractivity contribution is 0.454. The number of para-hydroxylation sites is 1. The predicted octanol–water partition coefficient (Wildman–Crippen LogP) is 8.40. The second-order valence-electron chi connectivity index (χ2n) is 8.77. The number of benzene rings is 3. The Morgan fingerprint density at radius 2 is 1.61 bits per heavy atom. The third kappa shape index (κ3) is 3.70. The SMILES string of the molecule is N#Cc1c(-c2ccccc2)nc2nc(-c3ccc4c(c3)Sc3ccccc3O4)cc(-c3cccs3)c2c1N. The van der Waals surface area contributed by atoms with E-state index in [0.717, 1.165) is 48.6 Å². The molecule has 7 heteroatoms. The Hall–Kier alpha value is -4.64. The molecule has 0 aliphatic carbocycles. The van der Waals surface area contributed by atoms with Gasteiger partial charge in [-0.1, -0.05) is 60.3 Å². The van der Waals surface area contributed by atoms with Gasteiger partial charge in [0.1, 0.15) is 23.1 Å². The monoisotopic (exact) mass is 526 g/mol. The van der Waals surface area contributed by atoms with E-state index in [4.69, 9.17) is 20.4 Å². The number of nitrogen functional groups attached to an aromatic ring is 1. The van der Waals surface area contributed by atoms with Crippen molar-refractivity contribution in [3.05, 3.63) is 102 Å². The summed E-state index contributed by atoms with van der Waals surface area (Å²) < 4.78 is 6.13. The van der Waals surface area contributed by atoms with Gasteiger partial charge in [-0.2, -0.15) is 5.26 Å². The molecular formula is C31H18N4OS2. The van der Waals surface area contributed by atoms with Gasteiger partial charge >= 0.3 is 0 Å². The number of hydrogen-bond donors (Lipinski definition) is 1. The van der Waals surface area contributed by atoms with Crippen LogP contribution in [0, 0.1) is 11.3 Å². The Morgan fingerprint density at radius 1 is 0.789 bits per heavy atom. The van der Waals surface area contributed by atoms with Crippen molar-refractivity contribution in [2.75, 3.05) is 5.73 Å². The summed E-state index contributed by atoms with van der Waals surface area (Å²) in [6.45, 7) is 0. The first kappa shape index (κ1) is 22.5. The highest BCUT2D eigenvalue weighted by molar-refractivity contribution is 7.99. The number of aromatic nitrogens is 2. The Labute approximate surface area is 227 Å². The summed E-state index contributed by atoms with van der Waals surface area (Å²) in [6, 6.07) is 32.1. The molecule has 4 heterocycles. The predicted molar refractivity (Wildman–Crippen MR) is 153 cm³/mol. The van der Waals surface area contributed by atoms with Crippen LogP contribution in [0.4, 0.5) is 5.69 Å². The molecular weight excluding hydrogens is 509 g/mol. The first-order chi connectivity index (χ1) is 18.7. The molecule has 2 N–H and O–H groups in total. The Bertz CT molecular complexity index is 1890. The number of nitrogens with two attached hydrogens (primary N) is 1. The zero-order valence-electron chi connectivity index (χ0n) is 19.9. The minimum absolute atomic E-state index is 0.358. The molecule has 0 saturated carbocycles. The fraction of sp³-hybridized carbons (Fsp3) is 0. The molecule has 3 aromatic carbocycles. The van der Waals surface area contributed by atoms with Crippen LogP contribution in [0.2, 0.25) is 0 Å². The number of fused-ring (bicyclic) bond motifs is 3. The first-order valence-corrected chi connectivity index (χ1v) is 13.6. The van der Waals surface area contributed by atoms with Gasteiger partial charge in [-0.15, -0.1) is 11.3 Å². The van der Waals surface area contributed by atoms with Gasteiger partial charge in [-0.05, 0) is 47.8 Å². The minimum atomic E-state index is 0.358. The van der Waals surface area contributed by atoms with Gasteiger partial charge in [0.15, 0.2) is 5.65 Å². The second-order valence-corrected chi connectivity index (χ2v) is 10.8. The summed E-state index contributed by atoms with van der Waals surface area (Å²) in [5.41, 5.74) is 11.9. The quantitative estimate of drug-likeness (QED) is 0.249. The van der Waals surface area contributed by atoms with Crippen LogP contribution in [0.1, 0.15) is 5.56 Å². The number of anilines is 1. The van der Waals surface area contributed by atoms with Crippen molar-refractivity contribution in [3.8, 4) is 50.5 Å². The van der Waals surface area contributed by atoms with E-state index in [9.17, 15) is 5.26 Å². The van der Waals surface area contributed by atoms with Gasteiger partial charge < -0.3 is 10.5 Å². The van der Waals surface area contributed by atoms with Gasteiger partial charge in [-0.25, -0.2) is 9.97 Å². The maximum absolute atomic E-state index is 10.1. The maximum Gasteiger partial charge on any atom is 0.163 e. The zero-order valence-corrected chi connectivity index (χ0v) is 21.5. The van der Waals surface area contributed by atoms with Crippen LogP contribution in [-0.4, -0.2) is 9.97 Å². The van der Waals surface area contributed by atoms with Crippen LogP contribution >= 0.6 is 23.1 Å². The van der Waals surface area contributed by atoms with E-state index in [-0.39, 0.29) is 0 Å². The molecule has 0 atom stereocenters. The van der Waals surface area contributed by atoms with Crippen molar-refractivity contribution in [2.24, 2.45) is 0 Å². The third-order valence-electron chi connectivity index (χ3n) is 6.47. The molecule has 0 spiro atoms. The van der Waals surface area contributed by atoms with Crippen molar-refractivity contribution < 1.29 is 4.74 Å². The van der Waals surface area contributed by atoms with Crippen LogP contribution in [-0.2, 0) is 0 Å². The molecule has 0 amide bonds. The zero-order chi connectivity index (χ0) is 25.6. The van der Waals surface area contributed by atoms with E-state index in [1.165, 1.54) is 0 Å². The standard InChI is InChI=1S/C31H18N4OS2/c32-17-21-29(33)28-20(25-11-6-14-37-25)16-22(34-31(28)35-30(21)18-7-2-1-3-8-18)19-12-13-24-27(15-19)38-26-10-5-4-9-23(26)36-24/h1-16H,(H2,33,34,35). The molecule has 1 aliphatic heterocycles. The molecule has 1 aliphatic rings. The third-order valence-corrected chi connectivity index (χ3v) is 8.47. The van der Waals surface area contributed by atoms with Crippen molar-refractivity contribution in [3.63, 3.8) is 0 Å². The van der Waals surface area contributed by atoms with Crippen LogP contribution in [0.25, 0.3) is 44.0 Å². The Morgan fingerprint density at radius 3 is 2.42 bits per heavy atom. The number of nitriles is 1. The molecule has 0 saturated heterocycles. The van der Waals surface area contributed by atoms with Gasteiger partial charge in [0, 0.05) is 21.6 Å². The number of pyridine rings is 2. The Balaban J connectivity index is 1.45. The number of thiophene rings is 1. The molecule has 0 fully saturated rings. The average Bonchev–Trinajstić information content (AvgIpc) is 3.50. The summed E-state index contributed by atoms with van der Waals surface area (Å²) in [7, 11) is 0. The summed E-state index contributed by atoms with van der Waals surface area (Å²) in [6.07, 6.45) is 0. The molecule has 0 unspecified atom stereocenters. The molecule has 3 aromatic heterocycles. The topological polar surface area (TPSA) is 84.8 Å². The molecule has 6 aromatic rings. The molecule has 7 rings (SSSR count). The molecule has 0 radical (unpaired) electrons. The van der Waals surface area contributed by atoms with Crippen LogP contribution in [0.3, 0.4) is 0 Å². The van der Waals surface area contributed by atoms with Gasteiger partial charge in [-0.3, -0.25) is 0 Å². The van der Waals surface area contributed by atoms with E-state index in [2.05, 4.69) is 18.2 Å². The number of rotatable bonds is 3. The van der Waals surface area contributed by atoms with Gasteiger partial charge in [0.05, 0.1) is 32.3 Å². The largest absolute Gasteiger partial charge is 0.455 e. The lowest BCUT2D eigenvalue weighted by Crippen LogP contribution is -2.02. The number of nitrogens with zero attached hydrogens (tertiary/aromatic N) is 3. The van der Waals surface area contributed by atoms with Crippen molar-refractivity contribution in [1.82, 2.24) is 9.97 Å². The van der Waals surface area contributed by atoms with Crippen LogP contribution in [0.15, 0.2) is 106 Å². The lowest BCUT2D eigenvalue weighted by atomic mass is 9.98. The van der Waals surface area contributed by atoms with Crippen molar-refractivity contribution in [1.29, 1.82) is 5.26 Å². The molecule has 180 valence electrons. The maximum atomic E-state index is 10.1. The first-order valence-electron chi connectivity index (χ1n) is 11.9. The Kier molecular flexibility index (Phi) is 5.36. The van der Waals surface area contributed by atoms with Crippen LogP contribution in [0.5, 0.6) is 11.5 Å². The normalized spacial score (nSPS) is 11.9. The highest BCUT2D eigenvalue weighted by Gasteiger charge is 2.22. The summed E-state index contributed by atoms with van der Waals surface area (Å²) in [4.78, 5) is 13.0. The minimum Gasteiger partial charge on any atom is -0.455 e. The van der Waals surface area contributed by atoms with Gasteiger partial charge in [0.2, 0.25) is 0 Å². The lowest BCUT2D eigenvalue weighted by Gasteiger charge is -2.20. The molecule has 38 heavy (non-hydrogen) atoms. The fourth-order valence-corrected chi connectivity index (χ4v) is 6.41. The number of hydrogen-bond acceptors (Lipinski definition) is 7. The summed E-state index contributed by atoms with van der Waals surface area (Å²) in [5.74, 6) is 1.69. The summed E-state index contributed by atoms with van der Waals surface area (Å²) >= 11 is 3.30. The molecule has 5 nitrogen and oxygen atoms in total. The van der Waals surface area contributed by atoms with Crippen LogP contribution < -0.4 is 10.5 Å². The fourth-order valence-electron chi connectivity index (χ4n) is 4.67. The highest BCUT2D eigenvalue weighted by Crippen LogP contribution is 2.48. The van der Waals surface area contributed by atoms with Crippen molar-refractivity contribution in [2.45, 2.75) is 9.79 Å². The average molecular weight is 527 g/mol. The van der Waals surface area contributed by atoms with Gasteiger partial charge in [0.25, 0.3) is 0 Å². The summed E-state index contributed by atoms with van der Waals surface area (Å²) in [5, 5.41) is 12.8. The van der Waals surface area contributed by atoms with E-state index >= 15 is 0 Å². The second kappa shape index (κ2) is 9.03. The molecule has 0 bridgehead atoms. The van der Waals surface area contributed by atoms with E-state index in [1.807, 2.05) is 84.2 Å². The smallest absolute Gasteiger partial charge is 0.163 e. The van der Waals surface area contributed by atoms with E-state index in [1.54, 1.807) is 23.1 Å². The van der Waals surface area contributed by atoms with Crippen molar-refractivity contribution >= 4 is 39.8 Å². The number of ether oxygens (including phenoxy) is 1. The highest BCUT2D eigenvalue weighted by atomic mass is 32.2.